The van der Waals surface area contributed by atoms with Crippen molar-refractivity contribution in [3.05, 3.63) is 107 Å². The first-order chi connectivity index (χ1) is 32.2. The third kappa shape index (κ3) is 14.6. The number of phenolic OH excluding ortho intramolecular Hbond substituents is 2. The first-order valence-corrected chi connectivity index (χ1v) is 23.3. The van der Waals surface area contributed by atoms with Crippen LogP contribution in [0, 0.1) is 0 Å². The molecule has 67 heavy (non-hydrogen) atoms. The number of carbonyl (C=O) groups is 6. The number of amides is 5. The normalized spacial score (nSPS) is 16.4. The predicted molar refractivity (Wildman–Crippen MR) is 255 cm³/mol. The minimum Gasteiger partial charge on any atom is -0.507 e. The van der Waals surface area contributed by atoms with Gasteiger partial charge in [0.1, 0.15) is 35.7 Å². The maximum Gasteiger partial charge on any atom is 0.326 e. The van der Waals surface area contributed by atoms with Crippen molar-refractivity contribution >= 4 is 35.5 Å². The Morgan fingerprint density at radius 1 is 0.761 bits per heavy atom. The zero-order valence-corrected chi connectivity index (χ0v) is 38.7. The van der Waals surface area contributed by atoms with Crippen molar-refractivity contribution in [1.82, 2.24) is 26.2 Å². The lowest BCUT2D eigenvalue weighted by Crippen LogP contribution is -2.54. The number of unbranched alkanes of at least 4 members (excludes halogenated alkanes) is 7. The highest BCUT2D eigenvalue weighted by Gasteiger charge is 2.36. The summed E-state index contributed by atoms with van der Waals surface area (Å²) in [6.45, 7) is 3.38. The minimum absolute atomic E-state index is 0.0436. The number of hydrogen-bond donors (Lipinski definition) is 8. The van der Waals surface area contributed by atoms with Crippen LogP contribution in [-0.4, -0.2) is 99.2 Å². The van der Waals surface area contributed by atoms with E-state index in [2.05, 4.69) is 52.5 Å². The Morgan fingerprint density at radius 3 is 2.04 bits per heavy atom. The number of aryl methyl sites for hydroxylation is 1. The molecule has 4 aromatic rings. The van der Waals surface area contributed by atoms with E-state index in [0.29, 0.717) is 24.0 Å². The second-order valence-electron chi connectivity index (χ2n) is 17.3. The molecule has 0 saturated carbocycles. The van der Waals surface area contributed by atoms with E-state index < -0.39 is 53.8 Å². The molecular formula is C52H65N5O10. The van der Waals surface area contributed by atoms with Crippen LogP contribution in [0.1, 0.15) is 118 Å². The average molecular weight is 920 g/mol. The Hall–Kier alpha value is -6.74. The summed E-state index contributed by atoms with van der Waals surface area (Å²) in [7, 11) is 1.34. The monoisotopic (exact) mass is 919 g/mol. The Bertz CT molecular complexity index is 2330. The number of likely N-dealkylation sites (N-methyl/N-ethyl adjacent to an activating group) is 1. The van der Waals surface area contributed by atoms with Crippen molar-refractivity contribution in [3.8, 4) is 33.8 Å². The fourth-order valence-electron chi connectivity index (χ4n) is 8.22. The maximum atomic E-state index is 14.4. The number of aliphatic hydroxyl groups is 1. The molecule has 15 heteroatoms. The highest BCUT2D eigenvalue weighted by atomic mass is 16.4. The Labute approximate surface area is 392 Å². The fraction of sp³-hybridized carbons (Fsp3) is 0.423. The van der Waals surface area contributed by atoms with E-state index in [1.807, 2.05) is 12.1 Å². The van der Waals surface area contributed by atoms with E-state index in [4.69, 9.17) is 0 Å². The predicted octanol–water partition coefficient (Wildman–Crippen LogP) is 6.32. The third-order valence-corrected chi connectivity index (χ3v) is 12.2. The van der Waals surface area contributed by atoms with Crippen LogP contribution in [0.25, 0.3) is 22.3 Å². The summed E-state index contributed by atoms with van der Waals surface area (Å²) < 4.78 is 0. The van der Waals surface area contributed by atoms with Gasteiger partial charge in [-0.1, -0.05) is 94.0 Å². The third-order valence-electron chi connectivity index (χ3n) is 12.2. The van der Waals surface area contributed by atoms with Gasteiger partial charge in [0.2, 0.25) is 23.6 Å². The van der Waals surface area contributed by atoms with Crippen molar-refractivity contribution in [2.75, 3.05) is 20.2 Å². The SMILES string of the molecule is CCCCCCCCCc1ccc(-c2ccc(C(=O)NCCC(=O)N[C@@H](CCCCO)C(=O)N(C)[C@@H]3C(=O)N[C@@H](C)C(=O)N[C@H](C(=O)O)Cc4ccc(O)c(c4)-c4cc3ccc4O)cc2)cc1. The number of hydrogen-bond acceptors (Lipinski definition) is 9. The standard InChI is InChI=1S/C52H65N5O10/c1-4-5-6-7-8-9-10-13-34-15-18-36(19-16-34)37-20-22-38(23-21-37)49(63)53-28-27-46(61)55-42(14-11-12-29-58)51(65)57(3)47-39-24-26-45(60)41(32-39)40-30-35(17-25-44(40)59)31-43(52(66)67)56-48(62)33(2)54-50(47)64/h15-26,30,32-33,42-43,47,58-60H,4-14,27-29,31H2,1-3H3,(H,53,63)(H,54,64)(H,55,61)(H,56,62)(H,66,67)/t33-,42-,43-,47-/m0/s1. The lowest BCUT2D eigenvalue weighted by molar-refractivity contribution is -0.144. The van der Waals surface area contributed by atoms with Gasteiger partial charge in [0.15, 0.2) is 0 Å². The molecule has 0 aliphatic carbocycles. The molecule has 15 nitrogen and oxygen atoms in total. The largest absolute Gasteiger partial charge is 0.507 e. The van der Waals surface area contributed by atoms with Crippen LogP contribution >= 0.6 is 0 Å². The molecular weight excluding hydrogens is 855 g/mol. The van der Waals surface area contributed by atoms with Gasteiger partial charge < -0.3 is 46.6 Å². The Balaban J connectivity index is 1.25. The number of carboxylic acid groups (broad SMARTS) is 1. The van der Waals surface area contributed by atoms with Crippen molar-refractivity contribution in [1.29, 1.82) is 0 Å². The number of aromatic hydroxyl groups is 2. The van der Waals surface area contributed by atoms with Gasteiger partial charge in [0.05, 0.1) is 0 Å². The molecule has 4 aromatic carbocycles. The van der Waals surface area contributed by atoms with Crippen LogP contribution in [0.15, 0.2) is 84.9 Å². The van der Waals surface area contributed by atoms with Crippen LogP contribution < -0.4 is 21.3 Å². The van der Waals surface area contributed by atoms with Gasteiger partial charge in [0.25, 0.3) is 5.91 Å². The van der Waals surface area contributed by atoms with E-state index in [1.54, 1.807) is 12.1 Å². The summed E-state index contributed by atoms with van der Waals surface area (Å²) in [5, 5.41) is 51.8. The molecule has 0 aromatic heterocycles. The highest BCUT2D eigenvalue weighted by molar-refractivity contribution is 5.97. The minimum atomic E-state index is -1.47. The lowest BCUT2D eigenvalue weighted by Gasteiger charge is -2.32. The number of nitrogens with one attached hydrogen (secondary N) is 4. The number of fused-ring (bicyclic) bond motifs is 5. The first-order valence-electron chi connectivity index (χ1n) is 23.3. The molecule has 358 valence electrons. The number of carboxylic acids is 1. The number of aliphatic hydroxyl groups excluding tert-OH is 1. The molecule has 0 spiro atoms. The smallest absolute Gasteiger partial charge is 0.326 e. The molecule has 1 aliphatic rings. The first kappa shape index (κ1) is 51.2. The topological polar surface area (TPSA) is 235 Å². The summed E-state index contributed by atoms with van der Waals surface area (Å²) in [5.74, 6) is -5.14. The van der Waals surface area contributed by atoms with Crippen LogP contribution in [0.4, 0.5) is 0 Å². The van der Waals surface area contributed by atoms with E-state index >= 15 is 0 Å². The summed E-state index contributed by atoms with van der Waals surface area (Å²) in [5.41, 5.74) is 4.52. The quantitative estimate of drug-likeness (QED) is 0.0433. The molecule has 1 aliphatic heterocycles. The van der Waals surface area contributed by atoms with Crippen molar-refractivity contribution in [3.63, 3.8) is 0 Å². The number of rotatable bonds is 21. The second kappa shape index (κ2) is 25.2. The molecule has 0 radical (unpaired) electrons. The van der Waals surface area contributed by atoms with Crippen LogP contribution in [0.2, 0.25) is 0 Å². The molecule has 4 atom stereocenters. The molecule has 1 heterocycles. The van der Waals surface area contributed by atoms with Crippen molar-refractivity contribution in [2.45, 2.75) is 121 Å². The molecule has 0 saturated heterocycles. The van der Waals surface area contributed by atoms with E-state index in [0.717, 1.165) is 22.4 Å². The van der Waals surface area contributed by atoms with Crippen molar-refractivity contribution in [2.24, 2.45) is 0 Å². The summed E-state index contributed by atoms with van der Waals surface area (Å²) in [6.07, 6.45) is 10.3. The van der Waals surface area contributed by atoms with Crippen molar-refractivity contribution < 1.29 is 49.2 Å². The molecule has 4 bridgehead atoms. The second-order valence-corrected chi connectivity index (χ2v) is 17.3. The summed E-state index contributed by atoms with van der Waals surface area (Å²) in [6, 6.07) is 18.8. The van der Waals surface area contributed by atoms with E-state index in [9.17, 15) is 49.2 Å². The zero-order chi connectivity index (χ0) is 48.5. The van der Waals surface area contributed by atoms with E-state index in [1.165, 1.54) is 101 Å². The van der Waals surface area contributed by atoms with Gasteiger partial charge in [-0.25, -0.2) is 4.79 Å². The number of benzene rings is 4. The summed E-state index contributed by atoms with van der Waals surface area (Å²) in [4.78, 5) is 81.5. The van der Waals surface area contributed by atoms with E-state index in [-0.39, 0.29) is 66.5 Å². The van der Waals surface area contributed by atoms with Gasteiger partial charge in [-0.15, -0.1) is 0 Å². The lowest BCUT2D eigenvalue weighted by atomic mass is 9.93. The van der Waals surface area contributed by atoms with Gasteiger partial charge in [-0.3, -0.25) is 24.0 Å². The van der Waals surface area contributed by atoms with Crippen LogP contribution in [0.5, 0.6) is 11.5 Å². The molecule has 5 amide bonds. The molecule has 0 unspecified atom stereocenters. The maximum absolute atomic E-state index is 14.4. The Kier molecular flexibility index (Phi) is 19.3. The number of aliphatic carboxylic acids is 1. The molecule has 0 fully saturated rings. The fourth-order valence-corrected chi connectivity index (χ4v) is 8.22. The van der Waals surface area contributed by atoms with Gasteiger partial charge in [-0.2, -0.15) is 0 Å². The van der Waals surface area contributed by atoms with Crippen LogP contribution in [-0.2, 0) is 36.8 Å². The van der Waals surface area contributed by atoms with Gasteiger partial charge >= 0.3 is 5.97 Å². The number of carbonyl (C=O) groups excluding carboxylic acids is 5. The molecule has 8 N–H and O–H groups in total. The summed E-state index contributed by atoms with van der Waals surface area (Å²) >= 11 is 0. The van der Waals surface area contributed by atoms with Crippen LogP contribution in [0.3, 0.4) is 0 Å². The highest BCUT2D eigenvalue weighted by Crippen LogP contribution is 2.39. The zero-order valence-electron chi connectivity index (χ0n) is 38.7. The van der Waals surface area contributed by atoms with Gasteiger partial charge in [-0.05, 0) is 103 Å². The molecule has 5 rings (SSSR count). The average Bonchev–Trinajstić information content (AvgIpc) is 3.31. The van der Waals surface area contributed by atoms with Gasteiger partial charge in [0, 0.05) is 49.7 Å². The number of nitrogens with zero attached hydrogens (tertiary/aromatic N) is 1. The number of phenols is 2. The Morgan fingerprint density at radius 2 is 1.39 bits per heavy atom.